The molecule has 0 saturated heterocycles. The second kappa shape index (κ2) is 6.46. The molecule has 0 bridgehead atoms. The van der Waals surface area contributed by atoms with Gasteiger partial charge in [-0.05, 0) is 19.2 Å². The smallest absolute Gasteiger partial charge is 0.417 e. The van der Waals surface area contributed by atoms with Crippen LogP contribution in [0, 0.1) is 0 Å². The molecule has 8 nitrogen and oxygen atoms in total. The Balaban J connectivity index is 1.91. The molecule has 24 heavy (non-hydrogen) atoms. The van der Waals surface area contributed by atoms with Gasteiger partial charge in [-0.2, -0.15) is 0 Å². The van der Waals surface area contributed by atoms with Gasteiger partial charge in [-0.25, -0.2) is 4.79 Å². The Kier molecular flexibility index (Phi) is 4.36. The lowest BCUT2D eigenvalue weighted by Crippen LogP contribution is -2.21. The van der Waals surface area contributed by atoms with Gasteiger partial charge >= 0.3 is 16.6 Å². The first-order valence-electron chi connectivity index (χ1n) is 7.18. The molecular weight excluding hydrogens is 334 g/mol. The summed E-state index contributed by atoms with van der Waals surface area (Å²) in [7, 11) is 1.80. The second-order valence-corrected chi connectivity index (χ2v) is 6.49. The first-order valence-corrected chi connectivity index (χ1v) is 7.99. The second-order valence-electron chi connectivity index (χ2n) is 5.42. The van der Waals surface area contributed by atoms with Crippen LogP contribution >= 0.6 is 11.3 Å². The molecule has 2 aromatic heterocycles. The molecule has 3 rings (SSSR count). The molecule has 0 aliphatic heterocycles. The lowest BCUT2D eigenvalue weighted by atomic mass is 10.1. The average molecular weight is 349 g/mol. The van der Waals surface area contributed by atoms with E-state index in [4.69, 9.17) is 9.52 Å². The van der Waals surface area contributed by atoms with Crippen molar-refractivity contribution in [3.63, 3.8) is 0 Å². The first-order chi connectivity index (χ1) is 11.4. The molecule has 0 fully saturated rings. The van der Waals surface area contributed by atoms with Crippen molar-refractivity contribution < 1.29 is 14.3 Å². The molecule has 0 saturated carbocycles. The fourth-order valence-corrected chi connectivity index (χ4v) is 3.35. The Labute approximate surface area is 139 Å². The maximum absolute atomic E-state index is 11.8. The van der Waals surface area contributed by atoms with Gasteiger partial charge in [0.25, 0.3) is 0 Å². The Hall–Kier alpha value is -2.65. The molecule has 1 aromatic carbocycles. The maximum Gasteiger partial charge on any atom is 0.417 e. The summed E-state index contributed by atoms with van der Waals surface area (Å²) in [6, 6.07) is 5.18. The number of oxazole rings is 1. The number of carbonyl (C=O) groups is 1. The molecule has 2 heterocycles. The van der Waals surface area contributed by atoms with Crippen LogP contribution in [-0.4, -0.2) is 39.5 Å². The maximum atomic E-state index is 11.8. The molecule has 3 aromatic rings. The van der Waals surface area contributed by atoms with E-state index in [0.29, 0.717) is 29.9 Å². The predicted octanol–water partition coefficient (Wildman–Crippen LogP) is 1.44. The zero-order valence-corrected chi connectivity index (χ0v) is 13.6. The van der Waals surface area contributed by atoms with Crippen LogP contribution in [-0.2, 0) is 11.3 Å². The van der Waals surface area contributed by atoms with Crippen molar-refractivity contribution in [3.05, 3.63) is 43.3 Å². The van der Waals surface area contributed by atoms with Crippen LogP contribution in [0.3, 0.4) is 0 Å². The molecule has 0 amide bonds. The van der Waals surface area contributed by atoms with Gasteiger partial charge in [0, 0.05) is 23.5 Å². The van der Waals surface area contributed by atoms with Crippen molar-refractivity contribution in [2.24, 2.45) is 0 Å². The molecule has 126 valence electrons. The van der Waals surface area contributed by atoms with Crippen molar-refractivity contribution in [1.82, 2.24) is 14.9 Å². The quantitative estimate of drug-likeness (QED) is 0.619. The number of aromatic amines is 2. The summed E-state index contributed by atoms with van der Waals surface area (Å²) in [5.74, 6) is -1.40. The average Bonchev–Trinajstić information content (AvgIpc) is 3.05. The minimum absolute atomic E-state index is 0.0334. The molecule has 0 aliphatic carbocycles. The number of aromatic nitrogens is 2. The van der Waals surface area contributed by atoms with Gasteiger partial charge in [0.2, 0.25) is 0 Å². The van der Waals surface area contributed by atoms with Crippen LogP contribution < -0.4 is 10.6 Å². The Morgan fingerprint density at radius 1 is 1.33 bits per heavy atom. The third-order valence-electron chi connectivity index (χ3n) is 3.55. The summed E-state index contributed by atoms with van der Waals surface area (Å²) >= 11 is 1.08. The minimum Gasteiger partial charge on any atom is -0.481 e. The monoisotopic (exact) mass is 349 g/mol. The summed E-state index contributed by atoms with van der Waals surface area (Å²) in [5.41, 5.74) is 2.37. The predicted molar refractivity (Wildman–Crippen MR) is 89.4 cm³/mol. The fourth-order valence-electron chi connectivity index (χ4n) is 2.42. The molecule has 3 N–H and O–H groups in total. The molecule has 0 spiro atoms. The number of nitrogens with zero attached hydrogens (tertiary/aromatic N) is 1. The number of carboxylic acid groups (broad SMARTS) is 1. The van der Waals surface area contributed by atoms with Gasteiger partial charge in [0.05, 0.1) is 17.6 Å². The van der Waals surface area contributed by atoms with Crippen LogP contribution in [0.5, 0.6) is 0 Å². The van der Waals surface area contributed by atoms with Gasteiger partial charge in [-0.3, -0.25) is 14.6 Å². The van der Waals surface area contributed by atoms with E-state index in [2.05, 4.69) is 9.97 Å². The number of hydrogen-bond donors (Lipinski definition) is 3. The zero-order chi connectivity index (χ0) is 17.3. The number of benzene rings is 1. The topological polar surface area (TPSA) is 119 Å². The number of H-pyrrole nitrogens is 2. The van der Waals surface area contributed by atoms with E-state index in [1.54, 1.807) is 25.2 Å². The lowest BCUT2D eigenvalue weighted by Gasteiger charge is -2.15. The number of fused-ring (bicyclic) bond motifs is 1. The highest BCUT2D eigenvalue weighted by atomic mass is 32.1. The number of thiazole rings is 1. The van der Waals surface area contributed by atoms with Crippen molar-refractivity contribution >= 4 is 28.4 Å². The van der Waals surface area contributed by atoms with Crippen molar-refractivity contribution in [3.8, 4) is 11.3 Å². The highest BCUT2D eigenvalue weighted by molar-refractivity contribution is 7.09. The van der Waals surface area contributed by atoms with Gasteiger partial charge in [0.15, 0.2) is 5.58 Å². The molecular formula is C15H15N3O5S. The van der Waals surface area contributed by atoms with E-state index in [-0.39, 0.29) is 11.3 Å². The Morgan fingerprint density at radius 2 is 2.12 bits per heavy atom. The van der Waals surface area contributed by atoms with Crippen LogP contribution in [0.2, 0.25) is 0 Å². The summed E-state index contributed by atoms with van der Waals surface area (Å²) < 4.78 is 5.05. The van der Waals surface area contributed by atoms with Crippen LogP contribution in [0.4, 0.5) is 0 Å². The summed E-state index contributed by atoms with van der Waals surface area (Å²) in [4.78, 5) is 41.5. The molecule has 0 radical (unpaired) electrons. The molecule has 0 aliphatic rings. The Bertz CT molecular complexity index is 996. The Morgan fingerprint density at radius 3 is 2.88 bits per heavy atom. The first kappa shape index (κ1) is 16.2. The minimum atomic E-state index is -0.864. The van der Waals surface area contributed by atoms with Gasteiger partial charge < -0.3 is 19.4 Å². The van der Waals surface area contributed by atoms with Gasteiger partial charge in [0.1, 0.15) is 0 Å². The van der Waals surface area contributed by atoms with Gasteiger partial charge in [-0.15, -0.1) is 0 Å². The molecule has 0 atom stereocenters. The third-order valence-corrected chi connectivity index (χ3v) is 4.42. The normalized spacial score (nSPS) is 11.4. The molecule has 9 heteroatoms. The number of rotatable bonds is 6. The highest BCUT2D eigenvalue weighted by Gasteiger charge is 2.14. The van der Waals surface area contributed by atoms with Crippen molar-refractivity contribution in [2.75, 3.05) is 13.6 Å². The van der Waals surface area contributed by atoms with Crippen LogP contribution in [0.1, 0.15) is 11.3 Å². The van der Waals surface area contributed by atoms with E-state index >= 15 is 0 Å². The molecule has 0 unspecified atom stereocenters. The van der Waals surface area contributed by atoms with E-state index < -0.39 is 11.7 Å². The highest BCUT2D eigenvalue weighted by Crippen LogP contribution is 2.26. The van der Waals surface area contributed by atoms with Crippen molar-refractivity contribution in [1.29, 1.82) is 0 Å². The summed E-state index contributed by atoms with van der Waals surface area (Å²) in [6.45, 7) is 0.827. The van der Waals surface area contributed by atoms with Crippen LogP contribution in [0.15, 0.2) is 32.2 Å². The number of carboxylic acids is 1. The summed E-state index contributed by atoms with van der Waals surface area (Å²) in [5, 5.41) is 8.75. The van der Waals surface area contributed by atoms with Crippen molar-refractivity contribution in [2.45, 2.75) is 13.0 Å². The largest absolute Gasteiger partial charge is 0.481 e. The SMILES string of the molecule is CN(CCC(=O)O)Cc1sc(=O)[nH]c1-c1ccc2[nH]c(=O)oc2c1. The van der Waals surface area contributed by atoms with E-state index in [1.807, 2.05) is 4.90 Å². The van der Waals surface area contributed by atoms with Gasteiger partial charge in [-0.1, -0.05) is 17.4 Å². The number of hydrogen-bond acceptors (Lipinski definition) is 6. The van der Waals surface area contributed by atoms with E-state index in [9.17, 15) is 14.4 Å². The zero-order valence-electron chi connectivity index (χ0n) is 12.8. The fraction of sp³-hybridized carbons (Fsp3) is 0.267. The summed E-state index contributed by atoms with van der Waals surface area (Å²) in [6.07, 6.45) is 0.0334. The third kappa shape index (κ3) is 3.47. The van der Waals surface area contributed by atoms with E-state index in [1.165, 1.54) is 0 Å². The number of aliphatic carboxylic acids is 1. The standard InChI is InChI=1S/C15H15N3O5S/c1-18(5-4-12(19)20)7-11-13(17-15(22)24-11)8-2-3-9-10(6-8)23-14(21)16-9/h2-3,6H,4-5,7H2,1H3,(H,16,21)(H,17,22)(H,19,20). The van der Waals surface area contributed by atoms with Crippen LogP contribution in [0.25, 0.3) is 22.4 Å². The van der Waals surface area contributed by atoms with E-state index in [0.717, 1.165) is 21.8 Å². The lowest BCUT2D eigenvalue weighted by molar-refractivity contribution is -0.137. The number of nitrogens with one attached hydrogen (secondary N) is 2.